The van der Waals surface area contributed by atoms with Crippen molar-refractivity contribution in [1.29, 1.82) is 0 Å². The lowest BCUT2D eigenvalue weighted by Gasteiger charge is -2.18. The van der Waals surface area contributed by atoms with Gasteiger partial charge in [0.1, 0.15) is 5.82 Å². The van der Waals surface area contributed by atoms with Crippen LogP contribution < -0.4 is 5.32 Å². The molecule has 0 heterocycles. The van der Waals surface area contributed by atoms with E-state index in [1.807, 2.05) is 37.4 Å². The van der Waals surface area contributed by atoms with Crippen LogP contribution in [-0.4, -0.2) is 13.6 Å². The largest absolute Gasteiger partial charge is 0.319 e. The van der Waals surface area contributed by atoms with Gasteiger partial charge in [0.15, 0.2) is 0 Å². The molecule has 1 unspecified atom stereocenters. The fourth-order valence-corrected chi connectivity index (χ4v) is 2.91. The molecular formula is C17H18Cl2FN. The molecule has 4 heteroatoms. The molecule has 0 saturated heterocycles. The number of benzene rings is 2. The molecule has 1 atom stereocenters. The highest BCUT2D eigenvalue weighted by molar-refractivity contribution is 6.31. The van der Waals surface area contributed by atoms with E-state index >= 15 is 0 Å². The van der Waals surface area contributed by atoms with E-state index in [1.165, 1.54) is 6.07 Å². The Morgan fingerprint density at radius 2 is 1.67 bits per heavy atom. The minimum atomic E-state index is -0.366. The van der Waals surface area contributed by atoms with E-state index in [4.69, 9.17) is 23.2 Å². The summed E-state index contributed by atoms with van der Waals surface area (Å²) in [6.07, 6.45) is 1.54. The zero-order chi connectivity index (χ0) is 15.2. The van der Waals surface area contributed by atoms with Gasteiger partial charge in [-0.1, -0.05) is 53.5 Å². The average Bonchev–Trinajstić information content (AvgIpc) is 2.46. The highest BCUT2D eigenvalue weighted by Crippen LogP contribution is 2.25. The van der Waals surface area contributed by atoms with Crippen molar-refractivity contribution in [3.05, 3.63) is 69.5 Å². The third kappa shape index (κ3) is 4.44. The van der Waals surface area contributed by atoms with Gasteiger partial charge in [-0.3, -0.25) is 0 Å². The summed E-state index contributed by atoms with van der Waals surface area (Å²) in [6, 6.07) is 12.8. The van der Waals surface area contributed by atoms with Crippen molar-refractivity contribution < 1.29 is 4.39 Å². The fourth-order valence-electron chi connectivity index (χ4n) is 2.50. The van der Waals surface area contributed by atoms with Crippen LogP contribution in [0.1, 0.15) is 11.1 Å². The van der Waals surface area contributed by atoms with E-state index in [0.717, 1.165) is 29.1 Å². The van der Waals surface area contributed by atoms with Crippen LogP contribution in [0.3, 0.4) is 0 Å². The molecule has 2 aromatic rings. The average molecular weight is 326 g/mol. The van der Waals surface area contributed by atoms with Gasteiger partial charge in [-0.15, -0.1) is 0 Å². The Bertz CT molecular complexity index is 601. The fraction of sp³-hybridized carbons (Fsp3) is 0.294. The number of halogens is 3. The molecule has 2 rings (SSSR count). The first-order valence-corrected chi connectivity index (χ1v) is 7.68. The Morgan fingerprint density at radius 3 is 2.38 bits per heavy atom. The first-order chi connectivity index (χ1) is 10.1. The van der Waals surface area contributed by atoms with Gasteiger partial charge in [-0.25, -0.2) is 4.39 Å². The van der Waals surface area contributed by atoms with Crippen molar-refractivity contribution in [2.24, 2.45) is 5.92 Å². The van der Waals surface area contributed by atoms with Gasteiger partial charge >= 0.3 is 0 Å². The Labute approximate surface area is 135 Å². The number of rotatable bonds is 6. The van der Waals surface area contributed by atoms with E-state index in [0.29, 0.717) is 12.3 Å². The lowest BCUT2D eigenvalue weighted by atomic mass is 9.92. The van der Waals surface area contributed by atoms with Gasteiger partial charge < -0.3 is 5.32 Å². The number of hydrogen-bond acceptors (Lipinski definition) is 1. The molecular weight excluding hydrogens is 308 g/mol. The molecule has 21 heavy (non-hydrogen) atoms. The van der Waals surface area contributed by atoms with E-state index < -0.39 is 0 Å². The van der Waals surface area contributed by atoms with Crippen LogP contribution >= 0.6 is 23.2 Å². The molecule has 0 fully saturated rings. The van der Waals surface area contributed by atoms with Crippen LogP contribution in [0.25, 0.3) is 0 Å². The maximum Gasteiger partial charge on any atom is 0.142 e. The molecule has 0 aliphatic heterocycles. The first-order valence-electron chi connectivity index (χ1n) is 6.92. The van der Waals surface area contributed by atoms with E-state index in [-0.39, 0.29) is 10.8 Å². The van der Waals surface area contributed by atoms with E-state index in [9.17, 15) is 4.39 Å². The second kappa shape index (κ2) is 7.79. The van der Waals surface area contributed by atoms with Crippen LogP contribution in [0.15, 0.2) is 42.5 Å². The van der Waals surface area contributed by atoms with Crippen LogP contribution in [0.2, 0.25) is 10.0 Å². The van der Waals surface area contributed by atoms with Crippen molar-refractivity contribution in [2.75, 3.05) is 13.6 Å². The third-order valence-electron chi connectivity index (χ3n) is 3.50. The quantitative estimate of drug-likeness (QED) is 0.807. The van der Waals surface area contributed by atoms with Crippen molar-refractivity contribution >= 4 is 23.2 Å². The van der Waals surface area contributed by atoms with Crippen LogP contribution in [0, 0.1) is 11.7 Å². The maximum absolute atomic E-state index is 13.5. The van der Waals surface area contributed by atoms with Crippen molar-refractivity contribution in [1.82, 2.24) is 5.32 Å². The number of nitrogens with one attached hydrogen (secondary N) is 1. The molecule has 112 valence electrons. The normalized spacial score (nSPS) is 12.4. The lowest BCUT2D eigenvalue weighted by molar-refractivity contribution is 0.492. The zero-order valence-corrected chi connectivity index (χ0v) is 13.4. The minimum absolute atomic E-state index is 0.220. The second-order valence-electron chi connectivity index (χ2n) is 5.14. The smallest absolute Gasteiger partial charge is 0.142 e. The maximum atomic E-state index is 13.5. The van der Waals surface area contributed by atoms with Crippen LogP contribution in [0.5, 0.6) is 0 Å². The molecule has 0 spiro atoms. The molecule has 0 radical (unpaired) electrons. The molecule has 0 aromatic heterocycles. The summed E-state index contributed by atoms with van der Waals surface area (Å²) in [5.41, 5.74) is 1.94. The predicted molar refractivity (Wildman–Crippen MR) is 87.7 cm³/mol. The van der Waals surface area contributed by atoms with E-state index in [1.54, 1.807) is 6.07 Å². The van der Waals surface area contributed by atoms with E-state index in [2.05, 4.69) is 5.32 Å². The molecule has 0 aliphatic carbocycles. The summed E-state index contributed by atoms with van der Waals surface area (Å²) in [4.78, 5) is 0. The van der Waals surface area contributed by atoms with Crippen molar-refractivity contribution in [3.8, 4) is 0 Å². The molecule has 1 nitrogen and oxygen atoms in total. The summed E-state index contributed by atoms with van der Waals surface area (Å²) < 4.78 is 13.5. The molecule has 2 aromatic carbocycles. The lowest BCUT2D eigenvalue weighted by Crippen LogP contribution is -2.23. The zero-order valence-electron chi connectivity index (χ0n) is 11.9. The van der Waals surface area contributed by atoms with Crippen LogP contribution in [0.4, 0.5) is 4.39 Å². The summed E-state index contributed by atoms with van der Waals surface area (Å²) in [6.45, 7) is 0.818. The standard InChI is InChI=1S/C17H18Cl2FN/c1-21-11-12(9-13-5-2-3-7-15(13)18)10-14-6-4-8-16(20)17(14)19/h2-8,12,21H,9-11H2,1H3. The Hall–Kier alpha value is -1.09. The summed E-state index contributed by atoms with van der Waals surface area (Å²) in [5.74, 6) is -0.0654. The Morgan fingerprint density at radius 1 is 1.00 bits per heavy atom. The summed E-state index contributed by atoms with van der Waals surface area (Å²) in [5, 5.41) is 4.17. The molecule has 0 amide bonds. The van der Waals surface area contributed by atoms with Gasteiger partial charge in [0.05, 0.1) is 5.02 Å². The van der Waals surface area contributed by atoms with Crippen molar-refractivity contribution in [2.45, 2.75) is 12.8 Å². The SMILES string of the molecule is CNCC(Cc1ccccc1Cl)Cc1cccc(F)c1Cl. The summed E-state index contributed by atoms with van der Waals surface area (Å²) in [7, 11) is 1.91. The molecule has 1 N–H and O–H groups in total. The monoisotopic (exact) mass is 325 g/mol. The van der Waals surface area contributed by atoms with Crippen molar-refractivity contribution in [3.63, 3.8) is 0 Å². The Balaban J connectivity index is 2.16. The highest BCUT2D eigenvalue weighted by atomic mass is 35.5. The third-order valence-corrected chi connectivity index (χ3v) is 4.29. The van der Waals surface area contributed by atoms with Gasteiger partial charge in [0.25, 0.3) is 0 Å². The molecule has 0 bridgehead atoms. The second-order valence-corrected chi connectivity index (χ2v) is 5.92. The highest BCUT2D eigenvalue weighted by Gasteiger charge is 2.15. The minimum Gasteiger partial charge on any atom is -0.319 e. The number of hydrogen-bond donors (Lipinski definition) is 1. The predicted octanol–water partition coefficient (Wildman–Crippen LogP) is 4.75. The molecule has 0 saturated carbocycles. The first kappa shape index (κ1) is 16.3. The van der Waals surface area contributed by atoms with Gasteiger partial charge in [-0.2, -0.15) is 0 Å². The van der Waals surface area contributed by atoms with Crippen LogP contribution in [-0.2, 0) is 12.8 Å². The van der Waals surface area contributed by atoms with Gasteiger partial charge in [0.2, 0.25) is 0 Å². The Kier molecular flexibility index (Phi) is 6.04. The van der Waals surface area contributed by atoms with Gasteiger partial charge in [-0.05, 0) is 55.6 Å². The van der Waals surface area contributed by atoms with Gasteiger partial charge in [0, 0.05) is 5.02 Å². The molecule has 0 aliphatic rings. The summed E-state index contributed by atoms with van der Waals surface area (Å²) >= 11 is 12.3. The topological polar surface area (TPSA) is 12.0 Å².